The number of rotatable bonds is 3. The summed E-state index contributed by atoms with van der Waals surface area (Å²) in [6.07, 6.45) is 0.0487. The maximum atomic E-state index is 11.9. The SMILES string of the molecule is CN1C(=O)CC(N2CCOCC2CC(=O)O)C1=O. The van der Waals surface area contributed by atoms with Crippen LogP contribution in [-0.4, -0.2) is 71.6 Å². The van der Waals surface area contributed by atoms with Crippen LogP contribution in [0.25, 0.3) is 0 Å². The molecule has 0 aromatic carbocycles. The Labute approximate surface area is 104 Å². The van der Waals surface area contributed by atoms with Gasteiger partial charge in [0.15, 0.2) is 0 Å². The second-order valence-electron chi connectivity index (χ2n) is 4.58. The Morgan fingerprint density at radius 2 is 2.22 bits per heavy atom. The number of carbonyl (C=O) groups excluding carboxylic acids is 2. The van der Waals surface area contributed by atoms with Gasteiger partial charge in [0.25, 0.3) is 0 Å². The van der Waals surface area contributed by atoms with Crippen molar-refractivity contribution in [2.75, 3.05) is 26.8 Å². The van der Waals surface area contributed by atoms with Crippen LogP contribution >= 0.6 is 0 Å². The zero-order valence-electron chi connectivity index (χ0n) is 10.2. The molecule has 2 atom stereocenters. The zero-order valence-corrected chi connectivity index (χ0v) is 10.2. The van der Waals surface area contributed by atoms with E-state index in [0.717, 1.165) is 4.90 Å². The summed E-state index contributed by atoms with van der Waals surface area (Å²) in [6, 6.07) is -0.875. The van der Waals surface area contributed by atoms with Gasteiger partial charge in [0.1, 0.15) is 0 Å². The third-order valence-electron chi connectivity index (χ3n) is 3.44. The number of carboxylic acid groups (broad SMARTS) is 1. The van der Waals surface area contributed by atoms with Crippen LogP contribution in [0.1, 0.15) is 12.8 Å². The van der Waals surface area contributed by atoms with Crippen LogP contribution in [0.5, 0.6) is 0 Å². The van der Waals surface area contributed by atoms with E-state index in [1.165, 1.54) is 7.05 Å². The molecule has 7 nitrogen and oxygen atoms in total. The van der Waals surface area contributed by atoms with E-state index in [1.807, 2.05) is 0 Å². The van der Waals surface area contributed by atoms with Crippen LogP contribution < -0.4 is 0 Å². The van der Waals surface area contributed by atoms with Gasteiger partial charge in [0.2, 0.25) is 11.8 Å². The molecule has 100 valence electrons. The van der Waals surface area contributed by atoms with E-state index in [2.05, 4.69) is 0 Å². The fourth-order valence-electron chi connectivity index (χ4n) is 2.45. The molecule has 2 heterocycles. The predicted molar refractivity (Wildman–Crippen MR) is 59.7 cm³/mol. The lowest BCUT2D eigenvalue weighted by atomic mass is 10.1. The fourth-order valence-corrected chi connectivity index (χ4v) is 2.45. The lowest BCUT2D eigenvalue weighted by Crippen LogP contribution is -2.53. The van der Waals surface area contributed by atoms with Crippen LogP contribution in [0.2, 0.25) is 0 Å². The van der Waals surface area contributed by atoms with Crippen molar-refractivity contribution in [3.8, 4) is 0 Å². The predicted octanol–water partition coefficient (Wildman–Crippen LogP) is -1.08. The van der Waals surface area contributed by atoms with Gasteiger partial charge < -0.3 is 9.84 Å². The van der Waals surface area contributed by atoms with Gasteiger partial charge in [-0.15, -0.1) is 0 Å². The molecule has 0 aromatic rings. The molecule has 2 aliphatic rings. The molecule has 2 rings (SSSR count). The van der Waals surface area contributed by atoms with E-state index in [0.29, 0.717) is 13.2 Å². The van der Waals surface area contributed by atoms with Gasteiger partial charge in [-0.2, -0.15) is 0 Å². The Hall–Kier alpha value is -1.47. The van der Waals surface area contributed by atoms with E-state index < -0.39 is 12.0 Å². The van der Waals surface area contributed by atoms with E-state index in [1.54, 1.807) is 4.90 Å². The molecule has 0 bridgehead atoms. The summed E-state index contributed by atoms with van der Waals surface area (Å²) in [4.78, 5) is 37.1. The normalized spacial score (nSPS) is 29.9. The minimum atomic E-state index is -0.930. The number of amides is 2. The van der Waals surface area contributed by atoms with Crippen molar-refractivity contribution in [2.45, 2.75) is 24.9 Å². The van der Waals surface area contributed by atoms with Crippen molar-refractivity contribution >= 4 is 17.8 Å². The van der Waals surface area contributed by atoms with Gasteiger partial charge >= 0.3 is 5.97 Å². The first-order chi connectivity index (χ1) is 8.50. The topological polar surface area (TPSA) is 87.2 Å². The van der Waals surface area contributed by atoms with Crippen LogP contribution in [0.3, 0.4) is 0 Å². The zero-order chi connectivity index (χ0) is 13.3. The number of imide groups is 1. The molecule has 0 radical (unpaired) electrons. The first-order valence-electron chi connectivity index (χ1n) is 5.86. The molecular weight excluding hydrogens is 240 g/mol. The number of carbonyl (C=O) groups is 3. The number of likely N-dealkylation sites (N-methyl/N-ethyl adjacent to an activating group) is 1. The Bertz CT molecular complexity index is 384. The molecule has 0 saturated carbocycles. The Morgan fingerprint density at radius 1 is 1.50 bits per heavy atom. The number of nitrogens with zero attached hydrogens (tertiary/aromatic N) is 2. The molecule has 2 unspecified atom stereocenters. The fraction of sp³-hybridized carbons (Fsp3) is 0.727. The van der Waals surface area contributed by atoms with Crippen LogP contribution in [-0.2, 0) is 19.1 Å². The van der Waals surface area contributed by atoms with Gasteiger partial charge in [-0.25, -0.2) is 0 Å². The summed E-state index contributed by atoms with van der Waals surface area (Å²) >= 11 is 0. The molecule has 2 fully saturated rings. The minimum Gasteiger partial charge on any atom is -0.481 e. The quantitative estimate of drug-likeness (QED) is 0.646. The average Bonchev–Trinajstić information content (AvgIpc) is 2.57. The number of likely N-dealkylation sites (tertiary alicyclic amines) is 1. The summed E-state index contributed by atoms with van der Waals surface area (Å²) < 4.78 is 5.25. The molecule has 0 aliphatic carbocycles. The van der Waals surface area contributed by atoms with Crippen molar-refractivity contribution in [1.82, 2.24) is 9.80 Å². The standard InChI is InChI=1S/C11H16N2O5/c1-12-9(14)5-8(11(12)17)13-2-3-18-6-7(13)4-10(15)16/h7-8H,2-6H2,1H3,(H,15,16). The van der Waals surface area contributed by atoms with E-state index in [4.69, 9.17) is 9.84 Å². The van der Waals surface area contributed by atoms with Crippen molar-refractivity contribution in [2.24, 2.45) is 0 Å². The summed E-state index contributed by atoms with van der Waals surface area (Å²) in [7, 11) is 1.46. The van der Waals surface area contributed by atoms with E-state index in [-0.39, 0.29) is 37.3 Å². The van der Waals surface area contributed by atoms with Crippen LogP contribution in [0, 0.1) is 0 Å². The monoisotopic (exact) mass is 256 g/mol. The van der Waals surface area contributed by atoms with Crippen molar-refractivity contribution in [3.63, 3.8) is 0 Å². The number of aliphatic carboxylic acids is 1. The molecule has 2 amide bonds. The molecule has 2 saturated heterocycles. The highest BCUT2D eigenvalue weighted by atomic mass is 16.5. The first-order valence-corrected chi connectivity index (χ1v) is 5.86. The lowest BCUT2D eigenvalue weighted by molar-refractivity contribution is -0.144. The van der Waals surface area contributed by atoms with Gasteiger partial charge in [0, 0.05) is 19.6 Å². The number of hydrogen-bond acceptors (Lipinski definition) is 5. The van der Waals surface area contributed by atoms with Crippen molar-refractivity contribution in [1.29, 1.82) is 0 Å². The van der Waals surface area contributed by atoms with Crippen molar-refractivity contribution < 1.29 is 24.2 Å². The highest BCUT2D eigenvalue weighted by Gasteiger charge is 2.43. The second kappa shape index (κ2) is 5.03. The van der Waals surface area contributed by atoms with Crippen molar-refractivity contribution in [3.05, 3.63) is 0 Å². The number of morpholine rings is 1. The van der Waals surface area contributed by atoms with Gasteiger partial charge in [-0.1, -0.05) is 0 Å². The Balaban J connectivity index is 2.11. The maximum Gasteiger partial charge on any atom is 0.305 e. The highest BCUT2D eigenvalue weighted by Crippen LogP contribution is 2.22. The molecule has 0 spiro atoms. The summed E-state index contributed by atoms with van der Waals surface area (Å²) in [5.74, 6) is -1.40. The largest absolute Gasteiger partial charge is 0.481 e. The van der Waals surface area contributed by atoms with E-state index >= 15 is 0 Å². The van der Waals surface area contributed by atoms with Gasteiger partial charge in [0.05, 0.1) is 32.1 Å². The Kier molecular flexibility index (Phi) is 3.63. The van der Waals surface area contributed by atoms with Gasteiger partial charge in [-0.3, -0.25) is 24.2 Å². The Morgan fingerprint density at radius 3 is 2.78 bits per heavy atom. The van der Waals surface area contributed by atoms with Crippen LogP contribution in [0.15, 0.2) is 0 Å². The molecule has 7 heteroatoms. The first kappa shape index (κ1) is 13.0. The molecule has 0 aromatic heterocycles. The number of carboxylic acids is 1. The number of ether oxygens (including phenoxy) is 1. The summed E-state index contributed by atoms with van der Waals surface area (Å²) in [6.45, 7) is 1.22. The van der Waals surface area contributed by atoms with Gasteiger partial charge in [-0.05, 0) is 0 Å². The third-order valence-corrected chi connectivity index (χ3v) is 3.44. The summed E-state index contributed by atoms with van der Waals surface area (Å²) in [5.41, 5.74) is 0. The molecule has 18 heavy (non-hydrogen) atoms. The molecule has 2 aliphatic heterocycles. The maximum absolute atomic E-state index is 11.9. The molecular formula is C11H16N2O5. The smallest absolute Gasteiger partial charge is 0.305 e. The minimum absolute atomic E-state index is 0.0817. The summed E-state index contributed by atoms with van der Waals surface area (Å²) in [5, 5.41) is 8.85. The van der Waals surface area contributed by atoms with E-state index in [9.17, 15) is 14.4 Å². The average molecular weight is 256 g/mol. The lowest BCUT2D eigenvalue weighted by Gasteiger charge is -2.37. The number of hydrogen-bond donors (Lipinski definition) is 1. The molecule has 1 N–H and O–H groups in total. The third kappa shape index (κ3) is 2.37. The second-order valence-corrected chi connectivity index (χ2v) is 4.58. The van der Waals surface area contributed by atoms with Crippen LogP contribution in [0.4, 0.5) is 0 Å². The highest BCUT2D eigenvalue weighted by molar-refractivity contribution is 6.05.